The first-order valence-electron chi connectivity index (χ1n) is 5.04. The first-order chi connectivity index (χ1) is 8.34. The maximum absolute atomic E-state index is 12.7. The third-order valence-electron chi connectivity index (χ3n) is 2.19. The number of alkyl halides is 3. The number of ether oxygens (including phenoxy) is 1. The summed E-state index contributed by atoms with van der Waals surface area (Å²) in [4.78, 5) is 10.8. The van der Waals surface area contributed by atoms with E-state index in [1.807, 2.05) is 0 Å². The number of carbonyl (C=O) groups excluding carboxylic acids is 1. The molecule has 98 valence electrons. The lowest BCUT2D eigenvalue weighted by molar-refractivity contribution is -0.139. The van der Waals surface area contributed by atoms with E-state index in [1.165, 1.54) is 31.4 Å². The van der Waals surface area contributed by atoms with Gasteiger partial charge in [0.1, 0.15) is 0 Å². The number of esters is 1. The molecule has 1 aromatic rings. The molecule has 1 rings (SSSR count). The summed E-state index contributed by atoms with van der Waals surface area (Å²) in [6.45, 7) is 0. The quantitative estimate of drug-likeness (QED) is 0.670. The number of hydrogen-bond acceptors (Lipinski definition) is 3. The second kappa shape index (κ2) is 5.57. The molecule has 0 aromatic heterocycles. The Bertz CT molecular complexity index is 467. The first kappa shape index (κ1) is 14.1. The van der Waals surface area contributed by atoms with Gasteiger partial charge in [0.15, 0.2) is 0 Å². The molecular weight excluding hydrogens is 247 g/mol. The monoisotopic (exact) mass is 259 g/mol. The van der Waals surface area contributed by atoms with Gasteiger partial charge in [-0.15, -0.1) is 0 Å². The SMILES string of the molecule is COC(=O)CC=Cc1cc(N)ccc1C(F)(F)F. The van der Waals surface area contributed by atoms with Gasteiger partial charge in [-0.1, -0.05) is 12.2 Å². The highest BCUT2D eigenvalue weighted by Gasteiger charge is 2.32. The molecule has 0 unspecified atom stereocenters. The van der Waals surface area contributed by atoms with Crippen LogP contribution in [0.5, 0.6) is 0 Å². The molecule has 6 heteroatoms. The van der Waals surface area contributed by atoms with Crippen molar-refractivity contribution in [3.63, 3.8) is 0 Å². The van der Waals surface area contributed by atoms with Crippen molar-refractivity contribution in [2.24, 2.45) is 0 Å². The molecule has 0 aliphatic rings. The fourth-order valence-electron chi connectivity index (χ4n) is 1.34. The van der Waals surface area contributed by atoms with Crippen LogP contribution in [0.15, 0.2) is 24.3 Å². The Morgan fingerprint density at radius 3 is 2.67 bits per heavy atom. The second-order valence-electron chi connectivity index (χ2n) is 3.53. The van der Waals surface area contributed by atoms with E-state index in [9.17, 15) is 18.0 Å². The number of nitrogens with two attached hydrogens (primary N) is 1. The van der Waals surface area contributed by atoms with Crippen molar-refractivity contribution < 1.29 is 22.7 Å². The van der Waals surface area contributed by atoms with Gasteiger partial charge < -0.3 is 10.5 Å². The van der Waals surface area contributed by atoms with E-state index in [1.54, 1.807) is 0 Å². The van der Waals surface area contributed by atoms with Crippen LogP contribution in [0.3, 0.4) is 0 Å². The third kappa shape index (κ3) is 3.80. The van der Waals surface area contributed by atoms with E-state index < -0.39 is 17.7 Å². The summed E-state index contributed by atoms with van der Waals surface area (Å²) in [6.07, 6.45) is -2.05. The largest absolute Gasteiger partial charge is 0.469 e. The second-order valence-corrected chi connectivity index (χ2v) is 3.53. The minimum absolute atomic E-state index is 0.0774. The minimum atomic E-state index is -4.46. The molecule has 0 amide bonds. The molecule has 2 N–H and O–H groups in total. The summed E-state index contributed by atoms with van der Waals surface area (Å²) < 4.78 is 42.4. The van der Waals surface area contributed by atoms with Crippen molar-refractivity contribution in [1.29, 1.82) is 0 Å². The summed E-state index contributed by atoms with van der Waals surface area (Å²) in [5.41, 5.74) is 4.79. The Balaban J connectivity index is 3.00. The van der Waals surface area contributed by atoms with Crippen LogP contribution in [0.4, 0.5) is 18.9 Å². The van der Waals surface area contributed by atoms with Crippen molar-refractivity contribution in [3.8, 4) is 0 Å². The lowest BCUT2D eigenvalue weighted by atomic mass is 10.1. The Hall–Kier alpha value is -1.98. The predicted molar refractivity (Wildman–Crippen MR) is 61.5 cm³/mol. The van der Waals surface area contributed by atoms with Crippen LogP contribution in [0.2, 0.25) is 0 Å². The summed E-state index contributed by atoms with van der Waals surface area (Å²) in [7, 11) is 1.21. The normalized spacial score (nSPS) is 11.8. The maximum Gasteiger partial charge on any atom is 0.416 e. The Kier molecular flexibility index (Phi) is 4.36. The fourth-order valence-corrected chi connectivity index (χ4v) is 1.34. The van der Waals surface area contributed by atoms with Crippen molar-refractivity contribution in [2.45, 2.75) is 12.6 Å². The van der Waals surface area contributed by atoms with Crippen LogP contribution in [-0.2, 0) is 15.7 Å². The maximum atomic E-state index is 12.7. The predicted octanol–water partition coefficient (Wildman–Crippen LogP) is 2.86. The lowest BCUT2D eigenvalue weighted by Gasteiger charge is -2.10. The van der Waals surface area contributed by atoms with Crippen LogP contribution in [0.1, 0.15) is 17.5 Å². The zero-order valence-corrected chi connectivity index (χ0v) is 9.62. The van der Waals surface area contributed by atoms with Gasteiger partial charge in [0.25, 0.3) is 0 Å². The Labute approximate surface area is 102 Å². The molecule has 0 atom stereocenters. The van der Waals surface area contributed by atoms with Gasteiger partial charge >= 0.3 is 12.1 Å². The number of hydrogen-bond donors (Lipinski definition) is 1. The van der Waals surface area contributed by atoms with Gasteiger partial charge in [-0.05, 0) is 23.8 Å². The number of methoxy groups -OCH3 is 1. The van der Waals surface area contributed by atoms with E-state index in [2.05, 4.69) is 4.74 Å². The number of rotatable bonds is 3. The zero-order valence-electron chi connectivity index (χ0n) is 9.62. The van der Waals surface area contributed by atoms with Crippen molar-refractivity contribution in [3.05, 3.63) is 35.4 Å². The molecule has 18 heavy (non-hydrogen) atoms. The highest BCUT2D eigenvalue weighted by atomic mass is 19.4. The fraction of sp³-hybridized carbons (Fsp3) is 0.250. The lowest BCUT2D eigenvalue weighted by Crippen LogP contribution is -2.07. The van der Waals surface area contributed by atoms with Gasteiger partial charge in [0.05, 0.1) is 19.1 Å². The van der Waals surface area contributed by atoms with Crippen LogP contribution < -0.4 is 5.73 Å². The summed E-state index contributed by atoms with van der Waals surface area (Å²) in [5.74, 6) is -0.524. The number of anilines is 1. The summed E-state index contributed by atoms with van der Waals surface area (Å²) in [5, 5.41) is 0. The Morgan fingerprint density at radius 2 is 2.11 bits per heavy atom. The van der Waals surface area contributed by atoms with E-state index in [-0.39, 0.29) is 17.7 Å². The summed E-state index contributed by atoms with van der Waals surface area (Å²) in [6, 6.07) is 3.30. The van der Waals surface area contributed by atoms with Crippen LogP contribution in [0.25, 0.3) is 6.08 Å². The minimum Gasteiger partial charge on any atom is -0.469 e. The summed E-state index contributed by atoms with van der Waals surface area (Å²) >= 11 is 0. The molecule has 0 heterocycles. The van der Waals surface area contributed by atoms with E-state index in [0.717, 1.165) is 6.07 Å². The van der Waals surface area contributed by atoms with E-state index >= 15 is 0 Å². The zero-order chi connectivity index (χ0) is 13.8. The van der Waals surface area contributed by atoms with Crippen molar-refractivity contribution in [1.82, 2.24) is 0 Å². The average Bonchev–Trinajstić information content (AvgIpc) is 2.27. The number of nitrogen functional groups attached to an aromatic ring is 1. The first-order valence-corrected chi connectivity index (χ1v) is 5.04. The third-order valence-corrected chi connectivity index (χ3v) is 2.19. The average molecular weight is 259 g/mol. The highest BCUT2D eigenvalue weighted by Crippen LogP contribution is 2.33. The van der Waals surface area contributed by atoms with Crippen molar-refractivity contribution >= 4 is 17.7 Å². The molecule has 0 saturated heterocycles. The molecule has 0 bridgehead atoms. The molecule has 3 nitrogen and oxygen atoms in total. The molecule has 0 aliphatic heterocycles. The number of carbonyl (C=O) groups is 1. The molecule has 0 radical (unpaired) electrons. The van der Waals surface area contributed by atoms with E-state index in [4.69, 9.17) is 5.73 Å². The highest BCUT2D eigenvalue weighted by molar-refractivity contribution is 5.73. The van der Waals surface area contributed by atoms with Crippen LogP contribution in [-0.4, -0.2) is 13.1 Å². The van der Waals surface area contributed by atoms with E-state index in [0.29, 0.717) is 0 Å². The molecule has 0 fully saturated rings. The van der Waals surface area contributed by atoms with Crippen LogP contribution in [0, 0.1) is 0 Å². The van der Waals surface area contributed by atoms with Gasteiger partial charge in [-0.25, -0.2) is 0 Å². The number of halogens is 3. The molecule has 0 spiro atoms. The molecule has 0 aliphatic carbocycles. The van der Waals surface area contributed by atoms with Gasteiger partial charge in [-0.3, -0.25) is 4.79 Å². The van der Waals surface area contributed by atoms with Crippen LogP contribution >= 0.6 is 0 Å². The Morgan fingerprint density at radius 1 is 1.44 bits per heavy atom. The van der Waals surface area contributed by atoms with Gasteiger partial charge in [-0.2, -0.15) is 13.2 Å². The molecule has 0 saturated carbocycles. The smallest absolute Gasteiger partial charge is 0.416 e. The van der Waals surface area contributed by atoms with Crippen molar-refractivity contribution in [2.75, 3.05) is 12.8 Å². The molecule has 1 aromatic carbocycles. The van der Waals surface area contributed by atoms with Gasteiger partial charge in [0, 0.05) is 5.69 Å². The molecular formula is C12H12F3NO2. The number of benzene rings is 1. The van der Waals surface area contributed by atoms with Gasteiger partial charge in [0.2, 0.25) is 0 Å². The standard InChI is InChI=1S/C12H12F3NO2/c1-18-11(17)4-2-3-8-7-9(16)5-6-10(8)12(13,14)15/h2-3,5-7H,4,16H2,1H3. The topological polar surface area (TPSA) is 52.3 Å².